The summed E-state index contributed by atoms with van der Waals surface area (Å²) in [5.74, 6) is 0. The van der Waals surface area contributed by atoms with Crippen LogP contribution in [-0.4, -0.2) is 5.11 Å². The van der Waals surface area contributed by atoms with Crippen molar-refractivity contribution in [2.24, 2.45) is 0 Å². The topological polar surface area (TPSA) is 20.2 Å². The van der Waals surface area contributed by atoms with Gasteiger partial charge in [-0.2, -0.15) is 0 Å². The van der Waals surface area contributed by atoms with Crippen LogP contribution in [0.3, 0.4) is 0 Å². The number of rotatable bonds is 1. The summed E-state index contributed by atoms with van der Waals surface area (Å²) in [7, 11) is 0. The first kappa shape index (κ1) is 9.82. The van der Waals surface area contributed by atoms with Gasteiger partial charge in [0.1, 0.15) is 0 Å². The Morgan fingerprint density at radius 3 is 2.56 bits per heavy atom. The van der Waals surface area contributed by atoms with Crippen LogP contribution < -0.4 is 0 Å². The molecule has 2 heteroatoms. The molecule has 0 amide bonds. The van der Waals surface area contributed by atoms with E-state index in [0.717, 1.165) is 5.56 Å². The molecular formula is C14H12OS. The Labute approximate surface area is 98.0 Å². The van der Waals surface area contributed by atoms with Gasteiger partial charge in [0.05, 0.1) is 6.10 Å². The van der Waals surface area contributed by atoms with E-state index >= 15 is 0 Å². The number of benzene rings is 2. The van der Waals surface area contributed by atoms with Crippen molar-refractivity contribution >= 4 is 31.5 Å². The molecule has 80 valence electrons. The Hall–Kier alpha value is -1.38. The molecule has 0 spiro atoms. The summed E-state index contributed by atoms with van der Waals surface area (Å²) in [6, 6.07) is 14.6. The lowest BCUT2D eigenvalue weighted by Crippen LogP contribution is -1.89. The van der Waals surface area contributed by atoms with E-state index in [0.29, 0.717) is 0 Å². The SMILES string of the molecule is C[C@H](O)c1ccc2sc3ccccc3c2c1. The zero-order valence-electron chi connectivity index (χ0n) is 8.97. The smallest absolute Gasteiger partial charge is 0.0762 e. The zero-order valence-corrected chi connectivity index (χ0v) is 9.79. The molecule has 3 aromatic rings. The van der Waals surface area contributed by atoms with Crippen LogP contribution in [0.4, 0.5) is 0 Å². The van der Waals surface area contributed by atoms with Gasteiger partial charge in [-0.3, -0.25) is 0 Å². The molecule has 0 aliphatic heterocycles. The molecule has 0 fully saturated rings. The minimum Gasteiger partial charge on any atom is -0.389 e. The molecule has 1 aromatic heterocycles. The van der Waals surface area contributed by atoms with Gasteiger partial charge in [0.15, 0.2) is 0 Å². The van der Waals surface area contributed by atoms with E-state index in [2.05, 4.69) is 36.4 Å². The third-order valence-corrected chi connectivity index (χ3v) is 4.03. The second-order valence-corrected chi connectivity index (χ2v) is 5.11. The van der Waals surface area contributed by atoms with Gasteiger partial charge in [-0.1, -0.05) is 24.3 Å². The van der Waals surface area contributed by atoms with E-state index in [4.69, 9.17) is 0 Å². The molecule has 2 aromatic carbocycles. The molecule has 0 bridgehead atoms. The molecule has 16 heavy (non-hydrogen) atoms. The summed E-state index contributed by atoms with van der Waals surface area (Å²) in [5.41, 5.74) is 0.982. The summed E-state index contributed by atoms with van der Waals surface area (Å²) >= 11 is 1.80. The minimum atomic E-state index is -0.400. The maximum absolute atomic E-state index is 9.60. The average Bonchev–Trinajstić information content (AvgIpc) is 2.66. The monoisotopic (exact) mass is 228 g/mol. The van der Waals surface area contributed by atoms with Crippen LogP contribution in [0.15, 0.2) is 42.5 Å². The third-order valence-electron chi connectivity index (χ3n) is 2.88. The number of hydrogen-bond acceptors (Lipinski definition) is 2. The van der Waals surface area contributed by atoms with Gasteiger partial charge in [0.2, 0.25) is 0 Å². The minimum absolute atomic E-state index is 0.400. The van der Waals surface area contributed by atoms with Crippen LogP contribution in [0.25, 0.3) is 20.2 Å². The van der Waals surface area contributed by atoms with Crippen molar-refractivity contribution < 1.29 is 5.11 Å². The Balaban J connectivity index is 2.40. The molecule has 0 saturated carbocycles. The Bertz CT molecular complexity index is 652. The van der Waals surface area contributed by atoms with E-state index in [1.807, 2.05) is 6.07 Å². The summed E-state index contributed by atoms with van der Waals surface area (Å²) in [4.78, 5) is 0. The molecule has 0 radical (unpaired) electrons. The van der Waals surface area contributed by atoms with E-state index in [1.165, 1.54) is 20.2 Å². The second-order valence-electron chi connectivity index (χ2n) is 4.03. The summed E-state index contributed by atoms with van der Waals surface area (Å²) in [6.07, 6.45) is -0.400. The highest BCUT2D eigenvalue weighted by Crippen LogP contribution is 2.34. The maximum atomic E-state index is 9.60. The van der Waals surface area contributed by atoms with Crippen LogP contribution in [-0.2, 0) is 0 Å². The normalized spacial score (nSPS) is 13.4. The van der Waals surface area contributed by atoms with Gasteiger partial charge in [-0.25, -0.2) is 0 Å². The highest BCUT2D eigenvalue weighted by molar-refractivity contribution is 7.25. The lowest BCUT2D eigenvalue weighted by atomic mass is 10.1. The summed E-state index contributed by atoms with van der Waals surface area (Å²) < 4.78 is 2.59. The molecule has 0 unspecified atom stereocenters. The quantitative estimate of drug-likeness (QED) is 0.664. The van der Waals surface area contributed by atoms with E-state index in [9.17, 15) is 5.11 Å². The Morgan fingerprint density at radius 1 is 1.00 bits per heavy atom. The van der Waals surface area contributed by atoms with Gasteiger partial charge in [-0.15, -0.1) is 11.3 Å². The van der Waals surface area contributed by atoms with Crippen LogP contribution in [0.2, 0.25) is 0 Å². The lowest BCUT2D eigenvalue weighted by molar-refractivity contribution is 0.199. The maximum Gasteiger partial charge on any atom is 0.0762 e. The standard InChI is InChI=1S/C14H12OS/c1-9(15)10-6-7-14-12(8-10)11-4-2-3-5-13(11)16-14/h2-9,15H,1H3/t9-/m0/s1. The van der Waals surface area contributed by atoms with Gasteiger partial charge in [0.25, 0.3) is 0 Å². The molecule has 1 nitrogen and oxygen atoms in total. The van der Waals surface area contributed by atoms with Crippen molar-refractivity contribution in [3.05, 3.63) is 48.0 Å². The van der Waals surface area contributed by atoms with Crippen LogP contribution in [0.5, 0.6) is 0 Å². The van der Waals surface area contributed by atoms with Crippen LogP contribution >= 0.6 is 11.3 Å². The molecule has 3 rings (SSSR count). The van der Waals surface area contributed by atoms with Gasteiger partial charge >= 0.3 is 0 Å². The van der Waals surface area contributed by atoms with Gasteiger partial charge in [0, 0.05) is 20.2 Å². The van der Waals surface area contributed by atoms with Crippen molar-refractivity contribution in [1.82, 2.24) is 0 Å². The van der Waals surface area contributed by atoms with Crippen molar-refractivity contribution in [3.8, 4) is 0 Å². The number of fused-ring (bicyclic) bond motifs is 3. The van der Waals surface area contributed by atoms with E-state index < -0.39 is 6.10 Å². The third kappa shape index (κ3) is 1.42. The van der Waals surface area contributed by atoms with Crippen molar-refractivity contribution in [3.63, 3.8) is 0 Å². The first-order chi connectivity index (χ1) is 7.75. The van der Waals surface area contributed by atoms with E-state index in [-0.39, 0.29) is 0 Å². The molecule has 1 atom stereocenters. The first-order valence-electron chi connectivity index (χ1n) is 5.35. The largest absolute Gasteiger partial charge is 0.389 e. The van der Waals surface area contributed by atoms with E-state index in [1.54, 1.807) is 18.3 Å². The number of aliphatic hydroxyl groups excluding tert-OH is 1. The highest BCUT2D eigenvalue weighted by atomic mass is 32.1. The predicted molar refractivity (Wildman–Crippen MR) is 70.0 cm³/mol. The zero-order chi connectivity index (χ0) is 11.1. The number of thiophene rings is 1. The van der Waals surface area contributed by atoms with Crippen molar-refractivity contribution in [1.29, 1.82) is 0 Å². The Kier molecular flexibility index (Phi) is 2.20. The predicted octanol–water partition coefficient (Wildman–Crippen LogP) is 4.11. The number of hydrogen-bond donors (Lipinski definition) is 1. The average molecular weight is 228 g/mol. The summed E-state index contributed by atoms with van der Waals surface area (Å²) in [5, 5.41) is 12.1. The molecule has 0 saturated heterocycles. The van der Waals surface area contributed by atoms with Crippen molar-refractivity contribution in [2.75, 3.05) is 0 Å². The second kappa shape index (κ2) is 3.58. The van der Waals surface area contributed by atoms with Gasteiger partial charge in [-0.05, 0) is 30.7 Å². The fourth-order valence-corrected chi connectivity index (χ4v) is 3.09. The molecule has 1 heterocycles. The number of aliphatic hydroxyl groups is 1. The first-order valence-corrected chi connectivity index (χ1v) is 6.16. The van der Waals surface area contributed by atoms with Gasteiger partial charge < -0.3 is 5.11 Å². The van der Waals surface area contributed by atoms with Crippen LogP contribution in [0.1, 0.15) is 18.6 Å². The Morgan fingerprint density at radius 2 is 1.75 bits per heavy atom. The molecular weight excluding hydrogens is 216 g/mol. The van der Waals surface area contributed by atoms with Crippen molar-refractivity contribution in [2.45, 2.75) is 13.0 Å². The molecule has 1 N–H and O–H groups in total. The fraction of sp³-hybridized carbons (Fsp3) is 0.143. The summed E-state index contributed by atoms with van der Waals surface area (Å²) in [6.45, 7) is 1.80. The van der Waals surface area contributed by atoms with Crippen LogP contribution in [0, 0.1) is 0 Å². The lowest BCUT2D eigenvalue weighted by Gasteiger charge is -2.03. The molecule has 0 aliphatic rings. The molecule has 0 aliphatic carbocycles. The fourth-order valence-electron chi connectivity index (χ4n) is 2.00. The highest BCUT2D eigenvalue weighted by Gasteiger charge is 2.07.